The highest BCUT2D eigenvalue weighted by atomic mass is 32.2. The summed E-state index contributed by atoms with van der Waals surface area (Å²) in [5.41, 5.74) is 0. The molecule has 0 bridgehead atoms. The Morgan fingerprint density at radius 3 is 2.00 bits per heavy atom. The van der Waals surface area contributed by atoms with Crippen molar-refractivity contribution in [3.05, 3.63) is 6.92 Å². The minimum Gasteiger partial charge on any atom is -0.159 e. The van der Waals surface area contributed by atoms with E-state index in [4.69, 9.17) is 0 Å². The fraction of sp³-hybridized carbons (Fsp3) is 0.833. The molecule has 0 aliphatic heterocycles. The summed E-state index contributed by atoms with van der Waals surface area (Å²) < 4.78 is 0.389. The minimum atomic E-state index is 0.389. The van der Waals surface area contributed by atoms with Gasteiger partial charge in [-0.2, -0.15) is 11.8 Å². The van der Waals surface area contributed by atoms with Gasteiger partial charge in [0.15, 0.2) is 0 Å². The van der Waals surface area contributed by atoms with Gasteiger partial charge < -0.3 is 0 Å². The molecule has 0 atom stereocenters. The first-order chi connectivity index (χ1) is 3.12. The smallest absolute Gasteiger partial charge is 0.0100 e. The number of hydrogen-bond donors (Lipinski definition) is 0. The topological polar surface area (TPSA) is 0 Å². The average molecular weight is 117 g/mol. The van der Waals surface area contributed by atoms with Crippen LogP contribution in [-0.2, 0) is 0 Å². The highest BCUT2D eigenvalue weighted by Crippen LogP contribution is 2.23. The van der Waals surface area contributed by atoms with Gasteiger partial charge in [-0.05, 0) is 12.7 Å². The second-order valence-electron chi connectivity index (χ2n) is 2.21. The summed E-state index contributed by atoms with van der Waals surface area (Å²) in [7, 11) is 0. The quantitative estimate of drug-likeness (QED) is 0.535. The van der Waals surface area contributed by atoms with Gasteiger partial charge in [-0.25, -0.2) is 0 Å². The van der Waals surface area contributed by atoms with Crippen molar-refractivity contribution < 1.29 is 0 Å². The molecule has 43 valence electrons. The largest absolute Gasteiger partial charge is 0.159 e. The molecule has 0 aliphatic rings. The maximum absolute atomic E-state index is 3.81. The van der Waals surface area contributed by atoms with E-state index in [2.05, 4.69) is 27.0 Å². The Labute approximate surface area is 50.7 Å². The number of rotatable bonds is 2. The summed E-state index contributed by atoms with van der Waals surface area (Å²) in [6.45, 7) is 8.21. The van der Waals surface area contributed by atoms with E-state index in [0.29, 0.717) is 4.75 Å². The van der Waals surface area contributed by atoms with Crippen LogP contribution in [0.4, 0.5) is 0 Å². The lowest BCUT2D eigenvalue weighted by atomic mass is 10.1. The molecule has 0 spiro atoms. The Bertz CT molecular complexity index is 42.1. The van der Waals surface area contributed by atoms with Crippen LogP contribution in [0.2, 0.25) is 0 Å². The van der Waals surface area contributed by atoms with Gasteiger partial charge >= 0.3 is 0 Å². The first-order valence-electron chi connectivity index (χ1n) is 2.47. The van der Waals surface area contributed by atoms with Crippen LogP contribution in [0.5, 0.6) is 0 Å². The molecular weight excluding hydrogens is 104 g/mol. The lowest BCUT2D eigenvalue weighted by molar-refractivity contribution is 0.726. The van der Waals surface area contributed by atoms with Gasteiger partial charge in [0.25, 0.3) is 0 Å². The maximum Gasteiger partial charge on any atom is 0.0100 e. The van der Waals surface area contributed by atoms with Gasteiger partial charge in [0, 0.05) is 4.75 Å². The van der Waals surface area contributed by atoms with E-state index in [0.717, 1.165) is 6.42 Å². The SMILES string of the molecule is [CH2]CC(C)(C)SC. The predicted octanol–water partition coefficient (Wildman–Crippen LogP) is 2.35. The summed E-state index contributed by atoms with van der Waals surface area (Å²) in [6.07, 6.45) is 3.12. The van der Waals surface area contributed by atoms with Crippen molar-refractivity contribution in [2.45, 2.75) is 25.0 Å². The van der Waals surface area contributed by atoms with E-state index in [-0.39, 0.29) is 0 Å². The summed E-state index contributed by atoms with van der Waals surface area (Å²) in [5.74, 6) is 0. The molecule has 0 unspecified atom stereocenters. The van der Waals surface area contributed by atoms with Gasteiger partial charge in [0.1, 0.15) is 0 Å². The van der Waals surface area contributed by atoms with Gasteiger partial charge in [0.05, 0.1) is 0 Å². The van der Waals surface area contributed by atoms with E-state index in [1.807, 2.05) is 11.8 Å². The van der Waals surface area contributed by atoms with Crippen LogP contribution < -0.4 is 0 Å². The Morgan fingerprint density at radius 1 is 1.57 bits per heavy atom. The van der Waals surface area contributed by atoms with Crippen LogP contribution in [0.25, 0.3) is 0 Å². The Kier molecular flexibility index (Phi) is 2.74. The van der Waals surface area contributed by atoms with Gasteiger partial charge in [-0.3, -0.25) is 0 Å². The third-order valence-electron chi connectivity index (χ3n) is 1.15. The Balaban J connectivity index is 3.36. The fourth-order valence-electron chi connectivity index (χ4n) is 0.102. The molecule has 1 radical (unpaired) electrons. The average Bonchev–Trinajstić information content (AvgIpc) is 1.68. The van der Waals surface area contributed by atoms with Crippen LogP contribution in [0, 0.1) is 6.92 Å². The molecule has 0 amide bonds. The predicted molar refractivity (Wildman–Crippen MR) is 37.6 cm³/mol. The van der Waals surface area contributed by atoms with E-state index in [9.17, 15) is 0 Å². The standard InChI is InChI=1S/C6H13S/c1-5-6(2,3)7-4/h1,5H2,2-4H3. The van der Waals surface area contributed by atoms with Crippen molar-refractivity contribution in [2.24, 2.45) is 0 Å². The third kappa shape index (κ3) is 2.98. The van der Waals surface area contributed by atoms with Crippen molar-refractivity contribution in [1.29, 1.82) is 0 Å². The molecule has 0 saturated heterocycles. The van der Waals surface area contributed by atoms with Crippen LogP contribution >= 0.6 is 11.8 Å². The molecule has 0 aliphatic carbocycles. The van der Waals surface area contributed by atoms with Crippen LogP contribution in [0.1, 0.15) is 20.3 Å². The fourth-order valence-corrected chi connectivity index (χ4v) is 0.306. The van der Waals surface area contributed by atoms with Crippen LogP contribution in [0.3, 0.4) is 0 Å². The number of hydrogen-bond acceptors (Lipinski definition) is 1. The van der Waals surface area contributed by atoms with Gasteiger partial charge in [-0.1, -0.05) is 20.8 Å². The van der Waals surface area contributed by atoms with Crippen molar-refractivity contribution in [2.75, 3.05) is 6.26 Å². The molecule has 0 saturated carbocycles. The van der Waals surface area contributed by atoms with Crippen LogP contribution in [-0.4, -0.2) is 11.0 Å². The van der Waals surface area contributed by atoms with Crippen molar-refractivity contribution >= 4 is 11.8 Å². The lowest BCUT2D eigenvalue weighted by Crippen LogP contribution is -2.10. The molecule has 1 heteroatoms. The highest BCUT2D eigenvalue weighted by molar-refractivity contribution is 7.99. The van der Waals surface area contributed by atoms with Crippen molar-refractivity contribution in [3.63, 3.8) is 0 Å². The molecule has 0 aromatic rings. The second kappa shape index (κ2) is 2.61. The van der Waals surface area contributed by atoms with Crippen molar-refractivity contribution in [1.82, 2.24) is 0 Å². The van der Waals surface area contributed by atoms with E-state index < -0.39 is 0 Å². The first-order valence-corrected chi connectivity index (χ1v) is 3.69. The van der Waals surface area contributed by atoms with Crippen molar-refractivity contribution in [3.8, 4) is 0 Å². The zero-order chi connectivity index (χ0) is 5.91. The third-order valence-corrected chi connectivity index (χ3v) is 2.46. The summed E-state index contributed by atoms with van der Waals surface area (Å²) >= 11 is 1.86. The molecule has 0 heterocycles. The molecule has 7 heavy (non-hydrogen) atoms. The summed E-state index contributed by atoms with van der Waals surface area (Å²) in [5, 5.41) is 0. The van der Waals surface area contributed by atoms with Crippen LogP contribution in [0.15, 0.2) is 0 Å². The molecular formula is C6H13S. The Hall–Kier alpha value is 0.350. The number of thioether (sulfide) groups is 1. The lowest BCUT2D eigenvalue weighted by Gasteiger charge is -2.17. The molecule has 0 nitrogen and oxygen atoms in total. The zero-order valence-corrected chi connectivity index (χ0v) is 6.14. The summed E-state index contributed by atoms with van der Waals surface area (Å²) in [4.78, 5) is 0. The second-order valence-corrected chi connectivity index (χ2v) is 3.73. The van der Waals surface area contributed by atoms with Gasteiger partial charge in [-0.15, -0.1) is 0 Å². The minimum absolute atomic E-state index is 0.389. The molecule has 0 aromatic heterocycles. The molecule has 0 rings (SSSR count). The first kappa shape index (κ1) is 7.35. The maximum atomic E-state index is 3.81. The monoisotopic (exact) mass is 117 g/mol. The van der Waals surface area contributed by atoms with Gasteiger partial charge in [0.2, 0.25) is 0 Å². The molecule has 0 fully saturated rings. The summed E-state index contributed by atoms with van der Waals surface area (Å²) in [6, 6.07) is 0. The highest BCUT2D eigenvalue weighted by Gasteiger charge is 2.10. The normalized spacial score (nSPS) is 12.0. The van der Waals surface area contributed by atoms with E-state index in [1.165, 1.54) is 0 Å². The zero-order valence-electron chi connectivity index (χ0n) is 5.32. The molecule has 0 N–H and O–H groups in total. The Morgan fingerprint density at radius 2 is 2.00 bits per heavy atom. The van der Waals surface area contributed by atoms with E-state index >= 15 is 0 Å². The van der Waals surface area contributed by atoms with E-state index in [1.54, 1.807) is 0 Å². The molecule has 0 aromatic carbocycles.